The van der Waals surface area contributed by atoms with Gasteiger partial charge in [0.05, 0.1) is 6.10 Å². The second-order valence-corrected chi connectivity index (χ2v) is 9.91. The summed E-state index contributed by atoms with van der Waals surface area (Å²) in [6, 6.07) is 4.62. The van der Waals surface area contributed by atoms with E-state index in [-0.39, 0.29) is 12.0 Å². The molecule has 1 saturated carbocycles. The highest BCUT2D eigenvalue weighted by atomic mass is 16.3. The Morgan fingerprint density at radius 2 is 2.06 bits per heavy atom. The van der Waals surface area contributed by atoms with Crippen molar-refractivity contribution in [1.82, 2.24) is 0 Å². The van der Waals surface area contributed by atoms with Gasteiger partial charge in [-0.05, 0) is 89.8 Å². The first-order chi connectivity index (χ1) is 15.1. The predicted molar refractivity (Wildman–Crippen MR) is 127 cm³/mol. The summed E-state index contributed by atoms with van der Waals surface area (Å²) in [5.74, 6) is 1.19. The maximum Gasteiger partial charge on any atom is 0.135 e. The van der Waals surface area contributed by atoms with E-state index in [4.69, 9.17) is 0 Å². The van der Waals surface area contributed by atoms with Crippen molar-refractivity contribution >= 4 is 11.9 Å². The van der Waals surface area contributed by atoms with Crippen LogP contribution in [-0.2, 0) is 17.6 Å². The quantitative estimate of drug-likeness (QED) is 0.598. The van der Waals surface area contributed by atoms with Gasteiger partial charge < -0.3 is 5.11 Å². The Morgan fingerprint density at radius 1 is 1.19 bits per heavy atom. The first kappa shape index (κ1) is 20.7. The van der Waals surface area contributed by atoms with E-state index in [1.54, 1.807) is 0 Å². The molecule has 4 aliphatic rings. The SMILES string of the molecule is CCC1=CC=C2C=Cc3ccc(CCCC(O)C4CCC(=O)C(C)C4)c4c3C2C1=CC4. The molecule has 5 rings (SSSR count). The fourth-order valence-corrected chi connectivity index (χ4v) is 6.25. The summed E-state index contributed by atoms with van der Waals surface area (Å²) in [6.45, 7) is 4.27. The van der Waals surface area contributed by atoms with Crippen molar-refractivity contribution in [2.75, 3.05) is 0 Å². The van der Waals surface area contributed by atoms with Gasteiger partial charge in [-0.15, -0.1) is 0 Å². The van der Waals surface area contributed by atoms with Crippen molar-refractivity contribution in [1.29, 1.82) is 0 Å². The minimum atomic E-state index is -0.274. The molecule has 0 spiro atoms. The molecule has 0 saturated heterocycles. The summed E-state index contributed by atoms with van der Waals surface area (Å²) in [6.07, 6.45) is 18.7. The average Bonchev–Trinajstić information content (AvgIpc) is 2.79. The van der Waals surface area contributed by atoms with Gasteiger partial charge in [0.1, 0.15) is 5.78 Å². The van der Waals surface area contributed by atoms with Gasteiger partial charge in [-0.1, -0.05) is 56.4 Å². The lowest BCUT2D eigenvalue weighted by Crippen LogP contribution is -2.30. The van der Waals surface area contributed by atoms with Crippen LogP contribution in [0.2, 0.25) is 0 Å². The Balaban J connectivity index is 1.31. The van der Waals surface area contributed by atoms with Crippen LogP contribution in [-0.4, -0.2) is 17.0 Å². The smallest absolute Gasteiger partial charge is 0.135 e. The molecule has 4 atom stereocenters. The van der Waals surface area contributed by atoms with E-state index in [1.807, 2.05) is 6.92 Å². The maximum atomic E-state index is 11.8. The molecule has 0 aromatic heterocycles. The summed E-state index contributed by atoms with van der Waals surface area (Å²) in [4.78, 5) is 11.8. The molecule has 0 amide bonds. The van der Waals surface area contributed by atoms with Gasteiger partial charge >= 0.3 is 0 Å². The third kappa shape index (κ3) is 3.69. The molecule has 1 aromatic carbocycles. The Labute approximate surface area is 186 Å². The van der Waals surface area contributed by atoms with Gasteiger partial charge in [0, 0.05) is 18.3 Å². The number of hydrogen-bond acceptors (Lipinski definition) is 2. The lowest BCUT2D eigenvalue weighted by atomic mass is 9.67. The highest BCUT2D eigenvalue weighted by Gasteiger charge is 2.34. The Morgan fingerprint density at radius 3 is 2.87 bits per heavy atom. The van der Waals surface area contributed by atoms with E-state index in [0.717, 1.165) is 44.9 Å². The fourth-order valence-electron chi connectivity index (χ4n) is 6.25. The number of aliphatic hydroxyl groups excluding tert-OH is 1. The van der Waals surface area contributed by atoms with E-state index in [0.29, 0.717) is 24.0 Å². The largest absolute Gasteiger partial charge is 0.393 e. The van der Waals surface area contributed by atoms with E-state index in [1.165, 1.54) is 39.0 Å². The molecule has 0 heterocycles. The van der Waals surface area contributed by atoms with Crippen molar-refractivity contribution in [2.45, 2.75) is 77.2 Å². The number of aliphatic hydroxyl groups is 1. The van der Waals surface area contributed by atoms with E-state index < -0.39 is 0 Å². The molecule has 4 unspecified atom stereocenters. The third-order valence-electron chi connectivity index (χ3n) is 8.09. The molecule has 162 valence electrons. The lowest BCUT2D eigenvalue weighted by molar-refractivity contribution is -0.126. The Hall–Kier alpha value is -2.19. The first-order valence-electron chi connectivity index (χ1n) is 12.2. The minimum absolute atomic E-state index is 0.118. The van der Waals surface area contributed by atoms with Crippen molar-refractivity contribution in [3.05, 3.63) is 75.4 Å². The van der Waals surface area contributed by atoms with Crippen LogP contribution in [0.4, 0.5) is 0 Å². The second-order valence-electron chi connectivity index (χ2n) is 9.91. The summed E-state index contributed by atoms with van der Waals surface area (Å²) in [5, 5.41) is 10.7. The monoisotopic (exact) mass is 414 g/mol. The zero-order chi connectivity index (χ0) is 21.5. The van der Waals surface area contributed by atoms with E-state index in [2.05, 4.69) is 49.4 Å². The number of benzene rings is 1. The number of carbonyl (C=O) groups is 1. The summed E-state index contributed by atoms with van der Waals surface area (Å²) in [5.41, 5.74) is 10.3. The van der Waals surface area contributed by atoms with Gasteiger partial charge in [0.2, 0.25) is 0 Å². The van der Waals surface area contributed by atoms with Crippen LogP contribution in [0.3, 0.4) is 0 Å². The minimum Gasteiger partial charge on any atom is -0.393 e. The van der Waals surface area contributed by atoms with Gasteiger partial charge in [-0.3, -0.25) is 4.79 Å². The van der Waals surface area contributed by atoms with Crippen LogP contribution in [0.5, 0.6) is 0 Å². The fraction of sp³-hybridized carbons (Fsp3) is 0.483. The number of ketones is 1. The molecule has 31 heavy (non-hydrogen) atoms. The zero-order valence-electron chi connectivity index (χ0n) is 18.9. The molecule has 0 aliphatic heterocycles. The van der Waals surface area contributed by atoms with Gasteiger partial charge in [0.15, 0.2) is 0 Å². The second kappa shape index (κ2) is 8.39. The molecule has 0 radical (unpaired) electrons. The summed E-state index contributed by atoms with van der Waals surface area (Å²) >= 11 is 0. The molecule has 0 bridgehead atoms. The van der Waals surface area contributed by atoms with Crippen molar-refractivity contribution in [3.63, 3.8) is 0 Å². The average molecular weight is 415 g/mol. The molecular formula is C29H34O2. The van der Waals surface area contributed by atoms with Crippen molar-refractivity contribution in [2.24, 2.45) is 11.8 Å². The van der Waals surface area contributed by atoms with E-state index >= 15 is 0 Å². The summed E-state index contributed by atoms with van der Waals surface area (Å²) < 4.78 is 0. The molecule has 4 aliphatic carbocycles. The molecule has 1 fully saturated rings. The first-order valence-corrected chi connectivity index (χ1v) is 12.2. The van der Waals surface area contributed by atoms with Crippen LogP contribution in [0.1, 0.15) is 80.5 Å². The van der Waals surface area contributed by atoms with Gasteiger partial charge in [0.25, 0.3) is 0 Å². The number of rotatable bonds is 6. The third-order valence-corrected chi connectivity index (χ3v) is 8.09. The van der Waals surface area contributed by atoms with Gasteiger partial charge in [-0.25, -0.2) is 0 Å². The highest BCUT2D eigenvalue weighted by molar-refractivity contribution is 5.81. The highest BCUT2D eigenvalue weighted by Crippen LogP contribution is 2.49. The Bertz CT molecular complexity index is 1020. The number of carbonyl (C=O) groups excluding carboxylic acids is 1. The topological polar surface area (TPSA) is 37.3 Å². The molecular weight excluding hydrogens is 380 g/mol. The number of hydrogen-bond donors (Lipinski definition) is 1. The molecule has 1 aromatic rings. The van der Waals surface area contributed by atoms with E-state index in [9.17, 15) is 9.90 Å². The zero-order valence-corrected chi connectivity index (χ0v) is 18.9. The maximum absolute atomic E-state index is 11.8. The van der Waals surface area contributed by atoms with Crippen LogP contribution in [0, 0.1) is 11.8 Å². The lowest BCUT2D eigenvalue weighted by Gasteiger charge is -2.36. The van der Waals surface area contributed by atoms with Gasteiger partial charge in [-0.2, -0.15) is 0 Å². The van der Waals surface area contributed by atoms with Crippen molar-refractivity contribution in [3.8, 4) is 0 Å². The standard InChI is InChI=1S/C29H34O2/c1-3-19-7-9-21-11-12-22-10-8-20(25-15-14-24(19)28(21)29(22)25)5-4-6-27(31)23-13-16-26(30)18(2)17-23/h7-12,14,18,23,27-28,31H,3-6,13,15-17H2,1-2H3. The van der Waals surface area contributed by atoms with Crippen LogP contribution in [0.25, 0.3) is 6.08 Å². The molecule has 2 nitrogen and oxygen atoms in total. The molecule has 1 N–H and O–H groups in total. The summed E-state index contributed by atoms with van der Waals surface area (Å²) in [7, 11) is 0. The van der Waals surface area contributed by atoms with Crippen LogP contribution in [0.15, 0.2) is 53.2 Å². The Kier molecular flexibility index (Phi) is 5.60. The van der Waals surface area contributed by atoms with Crippen LogP contribution >= 0.6 is 0 Å². The molecule has 2 heteroatoms. The number of allylic oxidation sites excluding steroid dienone is 7. The van der Waals surface area contributed by atoms with Crippen LogP contribution < -0.4 is 0 Å². The predicted octanol–water partition coefficient (Wildman–Crippen LogP) is 6.24. The number of Topliss-reactive ketones (excluding diaryl/α,β-unsaturated/α-hetero) is 1. The van der Waals surface area contributed by atoms with Crippen molar-refractivity contribution < 1.29 is 9.90 Å². The normalized spacial score (nSPS) is 27.3. The number of aryl methyl sites for hydroxylation is 1.